The van der Waals surface area contributed by atoms with Crippen molar-refractivity contribution in [3.63, 3.8) is 0 Å². The van der Waals surface area contributed by atoms with E-state index in [-0.39, 0.29) is 6.04 Å². The van der Waals surface area contributed by atoms with Crippen LogP contribution in [0.15, 0.2) is 70.1 Å². The summed E-state index contributed by atoms with van der Waals surface area (Å²) in [4.78, 5) is 0.972. The van der Waals surface area contributed by atoms with E-state index in [1.54, 1.807) is 17.4 Å². The third-order valence-corrected chi connectivity index (χ3v) is 5.92. The molecule has 6 heteroatoms. The summed E-state index contributed by atoms with van der Waals surface area (Å²) >= 11 is 3.09. The predicted molar refractivity (Wildman–Crippen MR) is 98.0 cm³/mol. The molecular weight excluding hydrogens is 346 g/mol. The summed E-state index contributed by atoms with van der Waals surface area (Å²) in [6, 6.07) is 14.8. The van der Waals surface area contributed by atoms with Gasteiger partial charge in [-0.15, -0.1) is 11.3 Å². The fourth-order valence-corrected chi connectivity index (χ4v) is 4.69. The number of thiophene rings is 2. The maximum atomic E-state index is 12.4. The number of sulfonamides is 1. The van der Waals surface area contributed by atoms with Crippen LogP contribution in [0.25, 0.3) is 6.08 Å². The third kappa shape index (κ3) is 4.39. The van der Waals surface area contributed by atoms with E-state index in [1.807, 2.05) is 64.7 Å². The average Bonchev–Trinajstić information content (AvgIpc) is 3.25. The standard InChI is InChI=1S/C17H15NO2S3/c19-23(20,12-9-14-5-2-1-3-6-14)18-17(15-8-11-21-13-15)16-7-4-10-22-16/h1-13,17-18H. The molecule has 0 bridgehead atoms. The summed E-state index contributed by atoms with van der Waals surface area (Å²) in [6.07, 6.45) is 1.60. The van der Waals surface area contributed by atoms with Gasteiger partial charge in [0.2, 0.25) is 10.0 Å². The first-order chi connectivity index (χ1) is 11.1. The quantitative estimate of drug-likeness (QED) is 0.703. The van der Waals surface area contributed by atoms with Crippen LogP contribution in [0, 0.1) is 0 Å². The SMILES string of the molecule is O=S(=O)(C=Cc1ccccc1)NC(c1ccsc1)c1cccs1. The summed E-state index contributed by atoms with van der Waals surface area (Å²) in [5.74, 6) is 0. The van der Waals surface area contributed by atoms with Crippen molar-refractivity contribution in [2.24, 2.45) is 0 Å². The van der Waals surface area contributed by atoms with Gasteiger partial charge in [-0.3, -0.25) is 0 Å². The summed E-state index contributed by atoms with van der Waals surface area (Å²) in [5, 5.41) is 7.08. The number of benzene rings is 1. The molecule has 0 spiro atoms. The number of rotatable bonds is 6. The Balaban J connectivity index is 1.83. The summed E-state index contributed by atoms with van der Waals surface area (Å²) in [5.41, 5.74) is 1.80. The van der Waals surface area contributed by atoms with E-state index in [0.29, 0.717) is 0 Å². The Bertz CT molecular complexity index is 818. The second-order valence-corrected chi connectivity index (χ2v) is 8.24. The highest BCUT2D eigenvalue weighted by Crippen LogP contribution is 2.28. The lowest BCUT2D eigenvalue weighted by atomic mass is 10.1. The van der Waals surface area contributed by atoms with E-state index in [2.05, 4.69) is 4.72 Å². The number of nitrogens with one attached hydrogen (secondary N) is 1. The van der Waals surface area contributed by atoms with Gasteiger partial charge in [-0.2, -0.15) is 16.1 Å². The fourth-order valence-electron chi connectivity index (χ4n) is 2.12. The molecule has 1 N–H and O–H groups in total. The number of hydrogen-bond acceptors (Lipinski definition) is 4. The molecule has 3 nitrogen and oxygen atoms in total. The third-order valence-electron chi connectivity index (χ3n) is 3.23. The second-order valence-electron chi connectivity index (χ2n) is 4.88. The smallest absolute Gasteiger partial charge is 0.208 e. The molecule has 3 aromatic rings. The van der Waals surface area contributed by atoms with Crippen molar-refractivity contribution in [3.8, 4) is 0 Å². The zero-order valence-corrected chi connectivity index (χ0v) is 14.6. The molecule has 2 aromatic heterocycles. The van der Waals surface area contributed by atoms with E-state index in [1.165, 1.54) is 16.7 Å². The van der Waals surface area contributed by atoms with Crippen LogP contribution in [0.1, 0.15) is 22.0 Å². The summed E-state index contributed by atoms with van der Waals surface area (Å²) < 4.78 is 27.6. The van der Waals surface area contributed by atoms with E-state index in [9.17, 15) is 8.42 Å². The minimum Gasteiger partial charge on any atom is -0.208 e. The Kier molecular flexibility index (Phi) is 5.07. The van der Waals surface area contributed by atoms with E-state index in [4.69, 9.17) is 0 Å². The molecule has 2 heterocycles. The first-order valence-corrected chi connectivity index (χ1v) is 10.3. The molecule has 0 amide bonds. The van der Waals surface area contributed by atoms with E-state index in [0.717, 1.165) is 16.0 Å². The molecule has 118 valence electrons. The van der Waals surface area contributed by atoms with Crippen LogP contribution >= 0.6 is 22.7 Å². The lowest BCUT2D eigenvalue weighted by molar-refractivity contribution is 0.583. The Labute approximate surface area is 144 Å². The largest absolute Gasteiger partial charge is 0.234 e. The first kappa shape index (κ1) is 16.1. The highest BCUT2D eigenvalue weighted by molar-refractivity contribution is 7.92. The van der Waals surface area contributed by atoms with Crippen LogP contribution in [-0.2, 0) is 10.0 Å². The van der Waals surface area contributed by atoms with Crippen molar-refractivity contribution < 1.29 is 8.42 Å². The van der Waals surface area contributed by atoms with Gasteiger partial charge in [0.05, 0.1) is 6.04 Å². The minimum absolute atomic E-state index is 0.355. The molecule has 0 saturated heterocycles. The molecular formula is C17H15NO2S3. The maximum absolute atomic E-state index is 12.4. The van der Waals surface area contributed by atoms with Crippen molar-refractivity contribution in [2.45, 2.75) is 6.04 Å². The molecule has 0 aliphatic carbocycles. The van der Waals surface area contributed by atoms with E-state index >= 15 is 0 Å². The fraction of sp³-hybridized carbons (Fsp3) is 0.0588. The minimum atomic E-state index is -3.55. The second kappa shape index (κ2) is 7.23. The molecule has 0 radical (unpaired) electrons. The van der Waals surface area contributed by atoms with Gasteiger partial charge in [-0.25, -0.2) is 8.42 Å². The lowest BCUT2D eigenvalue weighted by Crippen LogP contribution is -2.26. The Morgan fingerprint density at radius 1 is 1.00 bits per heavy atom. The lowest BCUT2D eigenvalue weighted by Gasteiger charge is -2.15. The van der Waals surface area contributed by atoms with Gasteiger partial charge in [-0.1, -0.05) is 36.4 Å². The van der Waals surface area contributed by atoms with Crippen LogP contribution in [0.4, 0.5) is 0 Å². The van der Waals surface area contributed by atoms with Crippen molar-refractivity contribution in [1.29, 1.82) is 0 Å². The number of hydrogen-bond donors (Lipinski definition) is 1. The van der Waals surface area contributed by atoms with Crippen LogP contribution in [0.3, 0.4) is 0 Å². The van der Waals surface area contributed by atoms with Gasteiger partial charge >= 0.3 is 0 Å². The van der Waals surface area contributed by atoms with Gasteiger partial charge in [0.25, 0.3) is 0 Å². The molecule has 1 atom stereocenters. The van der Waals surface area contributed by atoms with Gasteiger partial charge in [0.15, 0.2) is 0 Å². The highest BCUT2D eigenvalue weighted by atomic mass is 32.2. The monoisotopic (exact) mass is 361 g/mol. The molecule has 0 aliphatic rings. The van der Waals surface area contributed by atoms with Crippen molar-refractivity contribution in [2.75, 3.05) is 0 Å². The Morgan fingerprint density at radius 3 is 2.48 bits per heavy atom. The molecule has 0 saturated carbocycles. The summed E-state index contributed by atoms with van der Waals surface area (Å²) in [6.45, 7) is 0. The normalized spacial score (nSPS) is 13.4. The Morgan fingerprint density at radius 2 is 1.83 bits per heavy atom. The van der Waals surface area contributed by atoms with Crippen molar-refractivity contribution in [1.82, 2.24) is 4.72 Å². The highest BCUT2D eigenvalue weighted by Gasteiger charge is 2.20. The van der Waals surface area contributed by atoms with Gasteiger partial charge in [0, 0.05) is 10.3 Å². The zero-order chi connectivity index (χ0) is 16.1. The van der Waals surface area contributed by atoms with Crippen LogP contribution in [0.2, 0.25) is 0 Å². The predicted octanol–water partition coefficient (Wildman–Crippen LogP) is 4.49. The average molecular weight is 362 g/mol. The van der Waals surface area contributed by atoms with Crippen LogP contribution in [0.5, 0.6) is 0 Å². The molecule has 3 rings (SSSR count). The molecule has 0 fully saturated rings. The molecule has 23 heavy (non-hydrogen) atoms. The van der Waals surface area contributed by atoms with E-state index < -0.39 is 10.0 Å². The Hall–Kier alpha value is -1.73. The molecule has 1 aromatic carbocycles. The van der Waals surface area contributed by atoms with Crippen LogP contribution < -0.4 is 4.72 Å². The maximum Gasteiger partial charge on any atom is 0.234 e. The van der Waals surface area contributed by atoms with Gasteiger partial charge < -0.3 is 0 Å². The zero-order valence-electron chi connectivity index (χ0n) is 12.1. The first-order valence-electron chi connectivity index (χ1n) is 6.95. The van der Waals surface area contributed by atoms with Gasteiger partial charge in [-0.05, 0) is 45.5 Å². The van der Waals surface area contributed by atoms with Gasteiger partial charge in [0.1, 0.15) is 0 Å². The molecule has 1 unspecified atom stereocenters. The topological polar surface area (TPSA) is 46.2 Å². The van der Waals surface area contributed by atoms with Crippen LogP contribution in [-0.4, -0.2) is 8.42 Å². The molecule has 0 aliphatic heterocycles. The van der Waals surface area contributed by atoms with Crippen molar-refractivity contribution >= 4 is 38.8 Å². The van der Waals surface area contributed by atoms with Crippen molar-refractivity contribution in [3.05, 3.63) is 86.1 Å². The summed E-state index contributed by atoms with van der Waals surface area (Å²) in [7, 11) is -3.55.